The lowest BCUT2D eigenvalue weighted by molar-refractivity contribution is -0.140. The predicted molar refractivity (Wildman–Crippen MR) is 62.8 cm³/mol. The highest BCUT2D eigenvalue weighted by molar-refractivity contribution is 8.00. The molecule has 0 aliphatic carbocycles. The Kier molecular flexibility index (Phi) is 4.61. The van der Waals surface area contributed by atoms with Crippen LogP contribution in [0.2, 0.25) is 0 Å². The molecule has 16 heavy (non-hydrogen) atoms. The second kappa shape index (κ2) is 5.75. The number of anilines is 1. The molecule has 0 aromatic heterocycles. The molecule has 0 fully saturated rings. The number of nitrogens with two attached hydrogens (primary N) is 1. The number of carbonyl (C=O) groups is 1. The normalized spacial score (nSPS) is 12.2. The number of rotatable bonds is 4. The molecule has 0 saturated heterocycles. The van der Waals surface area contributed by atoms with Gasteiger partial charge in [-0.05, 0) is 18.2 Å². The van der Waals surface area contributed by atoms with Gasteiger partial charge in [0.2, 0.25) is 0 Å². The van der Waals surface area contributed by atoms with Gasteiger partial charge in [-0.15, -0.1) is 11.8 Å². The number of hydrogen-bond acceptors (Lipinski definition) is 4. The minimum absolute atomic E-state index is 0.0365. The molecule has 1 unspecified atom stereocenters. The molecular weight excluding hydrogens is 229 g/mol. The number of methoxy groups -OCH3 is 1. The molecule has 0 aliphatic heterocycles. The first kappa shape index (κ1) is 12.8. The van der Waals surface area contributed by atoms with Crippen LogP contribution in [0.3, 0.4) is 0 Å². The molecule has 0 aliphatic rings. The second-order valence-electron chi connectivity index (χ2n) is 3.40. The maximum absolute atomic E-state index is 13.4. The highest BCUT2D eigenvalue weighted by Gasteiger charge is 2.13. The molecule has 5 heteroatoms. The number of hydrogen-bond donors (Lipinski definition) is 1. The Morgan fingerprint density at radius 1 is 1.62 bits per heavy atom. The van der Waals surface area contributed by atoms with E-state index in [1.54, 1.807) is 12.1 Å². The Balaban J connectivity index is 2.62. The zero-order valence-electron chi connectivity index (χ0n) is 9.20. The summed E-state index contributed by atoms with van der Waals surface area (Å²) in [5.74, 6) is -0.655. The molecule has 0 spiro atoms. The van der Waals surface area contributed by atoms with Gasteiger partial charge >= 0.3 is 5.97 Å². The summed E-state index contributed by atoms with van der Waals surface area (Å²) < 4.78 is 18.0. The fourth-order valence-corrected chi connectivity index (χ4v) is 2.16. The minimum Gasteiger partial charge on any atom is -0.469 e. The van der Waals surface area contributed by atoms with Gasteiger partial charge < -0.3 is 10.5 Å². The Bertz CT molecular complexity index is 384. The van der Waals surface area contributed by atoms with Crippen molar-refractivity contribution in [3.8, 4) is 0 Å². The second-order valence-corrected chi connectivity index (χ2v) is 4.88. The number of nitrogen functional groups attached to an aromatic ring is 1. The van der Waals surface area contributed by atoms with E-state index in [0.717, 1.165) is 0 Å². The van der Waals surface area contributed by atoms with Crippen molar-refractivity contribution in [2.24, 2.45) is 0 Å². The Morgan fingerprint density at radius 3 is 2.88 bits per heavy atom. The van der Waals surface area contributed by atoms with E-state index in [2.05, 4.69) is 4.74 Å². The molecule has 3 nitrogen and oxygen atoms in total. The van der Waals surface area contributed by atoms with Crippen LogP contribution < -0.4 is 5.73 Å². The molecule has 1 aromatic carbocycles. The van der Waals surface area contributed by atoms with Crippen LogP contribution >= 0.6 is 11.8 Å². The van der Waals surface area contributed by atoms with Crippen LogP contribution in [-0.2, 0) is 9.53 Å². The van der Waals surface area contributed by atoms with Gasteiger partial charge in [-0.1, -0.05) is 6.92 Å². The van der Waals surface area contributed by atoms with Gasteiger partial charge in [0.1, 0.15) is 5.82 Å². The van der Waals surface area contributed by atoms with Gasteiger partial charge in [0.05, 0.1) is 13.5 Å². The van der Waals surface area contributed by atoms with Crippen molar-refractivity contribution in [1.82, 2.24) is 0 Å². The number of esters is 1. The van der Waals surface area contributed by atoms with Gasteiger partial charge in [0, 0.05) is 15.8 Å². The first-order valence-electron chi connectivity index (χ1n) is 4.81. The van der Waals surface area contributed by atoms with E-state index in [0.29, 0.717) is 10.6 Å². The third-order valence-electron chi connectivity index (χ3n) is 1.97. The Hall–Kier alpha value is -1.23. The van der Waals surface area contributed by atoms with Gasteiger partial charge in [0.25, 0.3) is 0 Å². The monoisotopic (exact) mass is 243 g/mol. The number of ether oxygens (including phenoxy) is 1. The maximum Gasteiger partial charge on any atom is 0.306 e. The summed E-state index contributed by atoms with van der Waals surface area (Å²) in [7, 11) is 1.34. The third-order valence-corrected chi connectivity index (χ3v) is 3.12. The number of halogens is 1. The molecule has 0 bridgehead atoms. The van der Waals surface area contributed by atoms with Gasteiger partial charge in [0.15, 0.2) is 0 Å². The first-order valence-corrected chi connectivity index (χ1v) is 5.69. The predicted octanol–water partition coefficient (Wildman–Crippen LogP) is 2.45. The van der Waals surface area contributed by atoms with Crippen LogP contribution in [0.5, 0.6) is 0 Å². The Morgan fingerprint density at radius 2 is 2.31 bits per heavy atom. The van der Waals surface area contributed by atoms with E-state index >= 15 is 0 Å². The summed E-state index contributed by atoms with van der Waals surface area (Å²) >= 11 is 1.29. The molecule has 1 rings (SSSR count). The highest BCUT2D eigenvalue weighted by atomic mass is 32.2. The highest BCUT2D eigenvalue weighted by Crippen LogP contribution is 2.28. The Labute approximate surface area is 98.2 Å². The van der Waals surface area contributed by atoms with Crippen molar-refractivity contribution in [3.05, 3.63) is 24.0 Å². The molecule has 0 amide bonds. The summed E-state index contributed by atoms with van der Waals surface area (Å²) in [6.45, 7) is 1.84. The fraction of sp³-hybridized carbons (Fsp3) is 0.364. The largest absolute Gasteiger partial charge is 0.469 e. The number of thioether (sulfide) groups is 1. The average Bonchev–Trinajstić information content (AvgIpc) is 2.22. The van der Waals surface area contributed by atoms with Crippen LogP contribution in [-0.4, -0.2) is 18.3 Å². The maximum atomic E-state index is 13.4. The van der Waals surface area contributed by atoms with E-state index < -0.39 is 0 Å². The zero-order valence-corrected chi connectivity index (χ0v) is 10.0. The first-order chi connectivity index (χ1) is 7.52. The quantitative estimate of drug-likeness (QED) is 0.501. The minimum atomic E-state index is -0.360. The lowest BCUT2D eigenvalue weighted by atomic mass is 10.3. The van der Waals surface area contributed by atoms with Crippen LogP contribution in [0.25, 0.3) is 0 Å². The molecular formula is C11H14FNO2S. The fourth-order valence-electron chi connectivity index (χ4n) is 1.19. The molecule has 0 heterocycles. The molecule has 1 aromatic rings. The van der Waals surface area contributed by atoms with Crippen molar-refractivity contribution in [2.45, 2.75) is 23.5 Å². The van der Waals surface area contributed by atoms with Crippen molar-refractivity contribution < 1.29 is 13.9 Å². The van der Waals surface area contributed by atoms with Crippen LogP contribution in [0.15, 0.2) is 23.1 Å². The molecule has 88 valence electrons. The van der Waals surface area contributed by atoms with Crippen LogP contribution in [0, 0.1) is 5.82 Å². The topological polar surface area (TPSA) is 52.3 Å². The zero-order chi connectivity index (χ0) is 12.1. The molecule has 1 atom stereocenters. The smallest absolute Gasteiger partial charge is 0.306 e. The molecule has 0 radical (unpaired) electrons. The van der Waals surface area contributed by atoms with Gasteiger partial charge in [-0.3, -0.25) is 4.79 Å². The lowest BCUT2D eigenvalue weighted by Crippen LogP contribution is -2.08. The van der Waals surface area contributed by atoms with Gasteiger partial charge in [-0.25, -0.2) is 4.39 Å². The SMILES string of the molecule is COC(=O)CC(C)Sc1ccc(N)cc1F. The van der Waals surface area contributed by atoms with E-state index in [9.17, 15) is 9.18 Å². The third kappa shape index (κ3) is 3.73. The van der Waals surface area contributed by atoms with E-state index in [-0.39, 0.29) is 23.5 Å². The van der Waals surface area contributed by atoms with Crippen LogP contribution in [0.1, 0.15) is 13.3 Å². The number of carbonyl (C=O) groups excluding carboxylic acids is 1. The summed E-state index contributed by atoms with van der Waals surface area (Å²) in [5.41, 5.74) is 5.83. The van der Waals surface area contributed by atoms with Gasteiger partial charge in [-0.2, -0.15) is 0 Å². The summed E-state index contributed by atoms with van der Waals surface area (Å²) in [5, 5.41) is -0.0365. The lowest BCUT2D eigenvalue weighted by Gasteiger charge is -2.10. The van der Waals surface area contributed by atoms with Crippen molar-refractivity contribution in [2.75, 3.05) is 12.8 Å². The van der Waals surface area contributed by atoms with E-state index in [1.165, 1.54) is 24.9 Å². The van der Waals surface area contributed by atoms with Crippen molar-refractivity contribution in [3.63, 3.8) is 0 Å². The average molecular weight is 243 g/mol. The van der Waals surface area contributed by atoms with E-state index in [4.69, 9.17) is 5.73 Å². The molecule has 2 N–H and O–H groups in total. The summed E-state index contributed by atoms with van der Waals surface area (Å²) in [6.07, 6.45) is 0.255. The van der Waals surface area contributed by atoms with E-state index in [1.807, 2.05) is 6.92 Å². The number of benzene rings is 1. The standard InChI is InChI=1S/C11H14FNO2S/c1-7(5-11(14)15-2)16-10-4-3-8(13)6-9(10)12/h3-4,6-7H,5,13H2,1-2H3. The summed E-state index contributed by atoms with van der Waals surface area (Å²) in [6, 6.07) is 4.52. The molecule has 0 saturated carbocycles. The van der Waals surface area contributed by atoms with Crippen LogP contribution in [0.4, 0.5) is 10.1 Å². The van der Waals surface area contributed by atoms with Crippen molar-refractivity contribution in [1.29, 1.82) is 0 Å². The van der Waals surface area contributed by atoms with Crippen molar-refractivity contribution >= 4 is 23.4 Å². The summed E-state index contributed by atoms with van der Waals surface area (Å²) in [4.78, 5) is 11.5.